The Hall–Kier alpha value is -0.980. The average molecular weight is 189 g/mol. The zero-order valence-corrected chi connectivity index (χ0v) is 6.92. The number of halogens is 2. The van der Waals surface area contributed by atoms with Crippen molar-refractivity contribution in [3.63, 3.8) is 0 Å². The first-order valence-corrected chi connectivity index (χ1v) is 3.48. The number of diazo groups is 1. The van der Waals surface area contributed by atoms with Crippen LogP contribution in [0.15, 0.2) is 24.3 Å². The second-order valence-electron chi connectivity index (χ2n) is 1.85. The number of anilines is 1. The number of benzene rings is 1. The largest absolute Gasteiger partial charge is 0.385 e. The molecule has 0 fully saturated rings. The first-order chi connectivity index (χ1) is 5.24. The van der Waals surface area contributed by atoms with E-state index in [1.165, 1.54) is 0 Å². The lowest BCUT2D eigenvalue weighted by atomic mass is 10.3. The van der Waals surface area contributed by atoms with E-state index in [1.54, 1.807) is 24.3 Å². The van der Waals surface area contributed by atoms with E-state index in [1.807, 2.05) is 0 Å². The van der Waals surface area contributed by atoms with Gasteiger partial charge in [0, 0.05) is 35.7 Å². The van der Waals surface area contributed by atoms with Gasteiger partial charge in [-0.3, -0.25) is 0 Å². The molecule has 0 bridgehead atoms. The topological polar surface area (TPSA) is 31.4 Å². The first-order valence-electron chi connectivity index (χ1n) is 2.81. The molecule has 3 nitrogen and oxygen atoms in total. The highest BCUT2D eigenvalue weighted by Gasteiger charge is 2.04. The van der Waals surface area contributed by atoms with E-state index in [-0.39, 0.29) is 0 Å². The van der Waals surface area contributed by atoms with Crippen LogP contribution in [0.1, 0.15) is 0 Å². The first kappa shape index (κ1) is 8.12. The van der Waals surface area contributed by atoms with E-state index in [2.05, 4.69) is 4.98 Å². The monoisotopic (exact) mass is 188 g/mol. The molecule has 0 atom stereocenters. The Balaban J connectivity index is 2.94. The van der Waals surface area contributed by atoms with Crippen LogP contribution in [0.2, 0.25) is 0 Å². The molecule has 0 N–H and O–H groups in total. The zero-order valence-electron chi connectivity index (χ0n) is 5.41. The Morgan fingerprint density at radius 1 is 1.18 bits per heavy atom. The van der Waals surface area contributed by atoms with Crippen LogP contribution in [0, 0.1) is 5.39 Å². The molecule has 0 amide bonds. The molecule has 0 unspecified atom stereocenters. The van der Waals surface area contributed by atoms with Crippen molar-refractivity contribution in [2.75, 3.05) is 3.94 Å². The molecule has 0 saturated heterocycles. The van der Waals surface area contributed by atoms with Gasteiger partial charge in [0.1, 0.15) is 0 Å². The minimum absolute atomic E-state index is 0.462. The molecule has 1 aromatic rings. The average Bonchev–Trinajstić information content (AvgIpc) is 2.05. The highest BCUT2D eigenvalue weighted by atomic mass is 35.5. The van der Waals surface area contributed by atoms with Crippen molar-refractivity contribution in [3.05, 3.63) is 29.2 Å². The number of rotatable bonds is 1. The van der Waals surface area contributed by atoms with Crippen molar-refractivity contribution >= 4 is 34.9 Å². The molecular weight excluding hydrogens is 185 g/mol. The van der Waals surface area contributed by atoms with Crippen LogP contribution in [0.4, 0.5) is 11.4 Å². The van der Waals surface area contributed by atoms with Gasteiger partial charge in [-0.15, -0.1) is 0 Å². The summed E-state index contributed by atoms with van der Waals surface area (Å²) in [5.74, 6) is 0. The van der Waals surface area contributed by atoms with Gasteiger partial charge in [0.05, 0.1) is 5.69 Å². The molecule has 0 saturated carbocycles. The van der Waals surface area contributed by atoms with Crippen molar-refractivity contribution in [2.24, 2.45) is 0 Å². The molecule has 1 aromatic carbocycles. The van der Waals surface area contributed by atoms with Crippen LogP contribution in [-0.2, 0) is 0 Å². The summed E-state index contributed by atoms with van der Waals surface area (Å²) in [5, 5.41) is 8.31. The van der Waals surface area contributed by atoms with Crippen LogP contribution in [0.3, 0.4) is 0 Å². The van der Waals surface area contributed by atoms with E-state index in [0.717, 1.165) is 3.94 Å². The summed E-state index contributed by atoms with van der Waals surface area (Å²) in [6.45, 7) is 0. The Bertz CT molecular complexity index is 275. The third-order valence-corrected chi connectivity index (χ3v) is 1.55. The highest BCUT2D eigenvalue weighted by molar-refractivity contribution is 6.49. The van der Waals surface area contributed by atoms with Gasteiger partial charge >= 0.3 is 5.69 Å². The molecule has 0 heterocycles. The molecule has 0 aliphatic rings. The quantitative estimate of drug-likeness (QED) is 0.501. The van der Waals surface area contributed by atoms with Crippen LogP contribution in [0.25, 0.3) is 4.98 Å². The summed E-state index contributed by atoms with van der Waals surface area (Å²) >= 11 is 10.8. The second-order valence-corrected chi connectivity index (χ2v) is 2.70. The zero-order chi connectivity index (χ0) is 8.27. The lowest BCUT2D eigenvalue weighted by Gasteiger charge is -2.01. The summed E-state index contributed by atoms with van der Waals surface area (Å²) in [6, 6.07) is 6.45. The predicted molar refractivity (Wildman–Crippen MR) is 45.4 cm³/mol. The fraction of sp³-hybridized carbons (Fsp3) is 0. The molecule has 5 heteroatoms. The fourth-order valence-corrected chi connectivity index (χ4v) is 0.857. The van der Waals surface area contributed by atoms with E-state index in [9.17, 15) is 0 Å². The second kappa shape index (κ2) is 3.42. The molecular formula is C6H4Cl2N3+. The Kier molecular flexibility index (Phi) is 2.53. The summed E-state index contributed by atoms with van der Waals surface area (Å²) in [7, 11) is 0. The molecule has 0 radical (unpaired) electrons. The fourth-order valence-electron chi connectivity index (χ4n) is 0.632. The normalized spacial score (nSPS) is 8.82. The SMILES string of the molecule is N#[N+]c1ccc(N(Cl)Cl)cc1. The van der Waals surface area contributed by atoms with Crippen molar-refractivity contribution in [1.82, 2.24) is 0 Å². The maximum Gasteiger partial charge on any atom is 0.385 e. The minimum Gasteiger partial charge on any atom is -0.194 e. The van der Waals surface area contributed by atoms with Gasteiger partial charge in [0.25, 0.3) is 0 Å². The number of nitrogens with zero attached hydrogens (tertiary/aromatic N) is 3. The van der Waals surface area contributed by atoms with E-state index in [4.69, 9.17) is 28.9 Å². The lowest BCUT2D eigenvalue weighted by molar-refractivity contribution is 1.46. The van der Waals surface area contributed by atoms with E-state index >= 15 is 0 Å². The van der Waals surface area contributed by atoms with Crippen LogP contribution in [0.5, 0.6) is 0 Å². The van der Waals surface area contributed by atoms with Gasteiger partial charge in [-0.2, -0.15) is 3.94 Å². The van der Waals surface area contributed by atoms with Gasteiger partial charge in [0.2, 0.25) is 5.39 Å². The molecule has 0 aromatic heterocycles. The van der Waals surface area contributed by atoms with E-state index < -0.39 is 0 Å². The number of hydrogen-bond acceptors (Lipinski definition) is 2. The van der Waals surface area contributed by atoms with Gasteiger partial charge in [0.15, 0.2) is 4.98 Å². The molecule has 56 valence electrons. The van der Waals surface area contributed by atoms with Gasteiger partial charge in [-0.1, -0.05) is 0 Å². The standard InChI is InChI=1S/C6H4Cl2N3/c7-11(8)6-3-1-5(10-9)2-4-6/h1-4H/q+1. The Morgan fingerprint density at radius 3 is 2.09 bits per heavy atom. The predicted octanol–water partition coefficient (Wildman–Crippen LogP) is 3.29. The summed E-state index contributed by atoms with van der Waals surface area (Å²) < 4.78 is 0.932. The van der Waals surface area contributed by atoms with Gasteiger partial charge in [-0.05, 0) is 12.1 Å². The smallest absolute Gasteiger partial charge is 0.194 e. The van der Waals surface area contributed by atoms with Crippen LogP contribution in [-0.4, -0.2) is 0 Å². The maximum absolute atomic E-state index is 8.31. The molecule has 0 aliphatic carbocycles. The maximum atomic E-state index is 8.31. The third kappa shape index (κ3) is 1.97. The van der Waals surface area contributed by atoms with Gasteiger partial charge < -0.3 is 0 Å². The van der Waals surface area contributed by atoms with Gasteiger partial charge in [-0.25, -0.2) is 0 Å². The Morgan fingerprint density at radius 2 is 1.73 bits per heavy atom. The summed E-state index contributed by atoms with van der Waals surface area (Å²) in [5.41, 5.74) is 1.09. The van der Waals surface area contributed by atoms with Crippen LogP contribution >= 0.6 is 23.6 Å². The Labute approximate surface area is 74.0 Å². The highest BCUT2D eigenvalue weighted by Crippen LogP contribution is 2.22. The number of hydrogen-bond donors (Lipinski definition) is 0. The minimum atomic E-state index is 0.462. The molecule has 11 heavy (non-hydrogen) atoms. The van der Waals surface area contributed by atoms with Crippen molar-refractivity contribution in [3.8, 4) is 0 Å². The third-order valence-electron chi connectivity index (χ3n) is 1.16. The van der Waals surface area contributed by atoms with Crippen molar-refractivity contribution in [1.29, 1.82) is 5.39 Å². The summed E-state index contributed by atoms with van der Waals surface area (Å²) in [6.07, 6.45) is 0. The molecule has 0 aliphatic heterocycles. The lowest BCUT2D eigenvalue weighted by Crippen LogP contribution is -1.89. The van der Waals surface area contributed by atoms with Crippen LogP contribution < -0.4 is 3.94 Å². The van der Waals surface area contributed by atoms with Crippen molar-refractivity contribution < 1.29 is 0 Å². The molecule has 0 spiro atoms. The molecule has 1 rings (SSSR count). The van der Waals surface area contributed by atoms with Crippen molar-refractivity contribution in [2.45, 2.75) is 0 Å². The van der Waals surface area contributed by atoms with E-state index in [0.29, 0.717) is 11.4 Å². The summed E-state index contributed by atoms with van der Waals surface area (Å²) in [4.78, 5) is 2.97.